The van der Waals surface area contributed by atoms with Crippen molar-refractivity contribution in [3.63, 3.8) is 0 Å². The quantitative estimate of drug-likeness (QED) is 0.867. The van der Waals surface area contributed by atoms with Crippen LogP contribution in [0, 0.1) is 5.92 Å². The largest absolute Gasteiger partial charge is 0.492 e. The van der Waals surface area contributed by atoms with Gasteiger partial charge in [0, 0.05) is 25.7 Å². The van der Waals surface area contributed by atoms with Crippen molar-refractivity contribution in [2.45, 2.75) is 33.1 Å². The van der Waals surface area contributed by atoms with Crippen molar-refractivity contribution in [3.05, 3.63) is 18.5 Å². The van der Waals surface area contributed by atoms with E-state index in [4.69, 9.17) is 4.74 Å². The Bertz CT molecular complexity index is 389. The number of hydrogen-bond acceptors (Lipinski definition) is 4. The molecule has 0 aromatic carbocycles. The van der Waals surface area contributed by atoms with Gasteiger partial charge in [0.15, 0.2) is 0 Å². The van der Waals surface area contributed by atoms with E-state index in [1.807, 2.05) is 12.4 Å². The summed E-state index contributed by atoms with van der Waals surface area (Å²) in [7, 11) is 0. The first-order chi connectivity index (χ1) is 9.79. The zero-order chi connectivity index (χ0) is 14.2. The number of aromatic nitrogens is 1. The molecule has 20 heavy (non-hydrogen) atoms. The molecular weight excluding hydrogens is 250 g/mol. The van der Waals surface area contributed by atoms with E-state index in [2.05, 4.69) is 35.1 Å². The Morgan fingerprint density at radius 2 is 2.25 bits per heavy atom. The van der Waals surface area contributed by atoms with Crippen LogP contribution in [0.4, 0.5) is 5.69 Å². The van der Waals surface area contributed by atoms with E-state index in [0.717, 1.165) is 38.5 Å². The minimum Gasteiger partial charge on any atom is -0.492 e. The van der Waals surface area contributed by atoms with Gasteiger partial charge in [0.1, 0.15) is 5.75 Å². The van der Waals surface area contributed by atoms with Crippen molar-refractivity contribution in [1.29, 1.82) is 0 Å². The number of ether oxygens (including phenoxy) is 1. The highest BCUT2D eigenvalue weighted by atomic mass is 16.5. The van der Waals surface area contributed by atoms with Gasteiger partial charge in [-0.3, -0.25) is 4.98 Å². The third-order valence-electron chi connectivity index (χ3n) is 3.72. The van der Waals surface area contributed by atoms with Crippen LogP contribution in [-0.4, -0.2) is 37.8 Å². The molecule has 2 heterocycles. The summed E-state index contributed by atoms with van der Waals surface area (Å²) in [6.07, 6.45) is 7.36. The van der Waals surface area contributed by atoms with E-state index in [9.17, 15) is 0 Å². The van der Waals surface area contributed by atoms with Crippen molar-refractivity contribution in [3.8, 4) is 5.75 Å². The molecule has 0 spiro atoms. The van der Waals surface area contributed by atoms with Crippen LogP contribution in [0.1, 0.15) is 33.1 Å². The fraction of sp³-hybridized carbons (Fsp3) is 0.688. The van der Waals surface area contributed by atoms with E-state index in [1.54, 1.807) is 0 Å². The Morgan fingerprint density at radius 3 is 3.10 bits per heavy atom. The molecule has 1 saturated heterocycles. The Labute approximate surface area is 122 Å². The lowest BCUT2D eigenvalue weighted by Gasteiger charge is -2.22. The third kappa shape index (κ3) is 4.67. The van der Waals surface area contributed by atoms with E-state index < -0.39 is 0 Å². The third-order valence-corrected chi connectivity index (χ3v) is 3.72. The van der Waals surface area contributed by atoms with Crippen LogP contribution in [0.25, 0.3) is 0 Å². The van der Waals surface area contributed by atoms with Gasteiger partial charge < -0.3 is 15.0 Å². The van der Waals surface area contributed by atoms with Gasteiger partial charge in [0.05, 0.1) is 24.7 Å². The second-order valence-electron chi connectivity index (χ2n) is 5.67. The van der Waals surface area contributed by atoms with Crippen LogP contribution in [0.5, 0.6) is 5.75 Å². The summed E-state index contributed by atoms with van der Waals surface area (Å²) in [5, 5.41) is 3.42. The molecule has 1 N–H and O–H groups in total. The smallest absolute Gasteiger partial charge is 0.139 e. The van der Waals surface area contributed by atoms with Crippen molar-refractivity contribution in [2.24, 2.45) is 5.92 Å². The minimum absolute atomic E-state index is 0.603. The van der Waals surface area contributed by atoms with Gasteiger partial charge in [-0.2, -0.15) is 0 Å². The summed E-state index contributed by atoms with van der Waals surface area (Å²) in [4.78, 5) is 6.71. The molecule has 1 fully saturated rings. The molecule has 1 aromatic rings. The second kappa shape index (κ2) is 8.10. The molecule has 4 heteroatoms. The first-order valence-electron chi connectivity index (χ1n) is 7.83. The van der Waals surface area contributed by atoms with Crippen molar-refractivity contribution in [2.75, 3.05) is 37.7 Å². The topological polar surface area (TPSA) is 37.4 Å². The zero-order valence-electron chi connectivity index (χ0n) is 12.8. The summed E-state index contributed by atoms with van der Waals surface area (Å²) >= 11 is 0. The number of nitrogens with zero attached hydrogens (tertiary/aromatic N) is 2. The highest BCUT2D eigenvalue weighted by Gasteiger charge is 2.11. The predicted molar refractivity (Wildman–Crippen MR) is 83.5 cm³/mol. The minimum atomic E-state index is 0.603. The summed E-state index contributed by atoms with van der Waals surface area (Å²) in [5.41, 5.74) is 1.18. The maximum atomic E-state index is 5.88. The number of rotatable bonds is 6. The van der Waals surface area contributed by atoms with E-state index in [1.165, 1.54) is 24.9 Å². The second-order valence-corrected chi connectivity index (χ2v) is 5.67. The first-order valence-corrected chi connectivity index (χ1v) is 7.83. The lowest BCUT2D eigenvalue weighted by Crippen LogP contribution is -2.27. The lowest BCUT2D eigenvalue weighted by atomic mass is 10.1. The van der Waals surface area contributed by atoms with Crippen LogP contribution in [0.3, 0.4) is 0 Å². The van der Waals surface area contributed by atoms with Crippen molar-refractivity contribution in [1.82, 2.24) is 10.3 Å². The van der Waals surface area contributed by atoms with Crippen LogP contribution >= 0.6 is 0 Å². The molecule has 0 saturated carbocycles. The molecule has 4 nitrogen and oxygen atoms in total. The van der Waals surface area contributed by atoms with Gasteiger partial charge in [-0.1, -0.05) is 20.3 Å². The molecule has 1 aliphatic rings. The summed E-state index contributed by atoms with van der Waals surface area (Å²) < 4.78 is 5.88. The Kier molecular flexibility index (Phi) is 6.12. The number of pyridine rings is 1. The van der Waals surface area contributed by atoms with Gasteiger partial charge in [-0.25, -0.2) is 0 Å². The average Bonchev–Trinajstić information content (AvgIpc) is 2.75. The highest BCUT2D eigenvalue weighted by Crippen LogP contribution is 2.21. The summed E-state index contributed by atoms with van der Waals surface area (Å²) in [6.45, 7) is 9.50. The van der Waals surface area contributed by atoms with Crippen LogP contribution < -0.4 is 15.0 Å². The lowest BCUT2D eigenvalue weighted by molar-refractivity contribution is 0.251. The number of nitrogens with one attached hydrogen (secondary N) is 1. The predicted octanol–water partition coefficient (Wildman–Crippen LogP) is 2.70. The van der Waals surface area contributed by atoms with Gasteiger partial charge in [-0.05, 0) is 25.3 Å². The van der Waals surface area contributed by atoms with Gasteiger partial charge in [0.25, 0.3) is 0 Å². The Morgan fingerprint density at radius 1 is 1.35 bits per heavy atom. The normalized spacial score (nSPS) is 17.6. The molecule has 2 rings (SSSR count). The van der Waals surface area contributed by atoms with E-state index in [-0.39, 0.29) is 0 Å². The fourth-order valence-corrected chi connectivity index (χ4v) is 2.58. The van der Waals surface area contributed by atoms with Gasteiger partial charge >= 0.3 is 0 Å². The summed E-state index contributed by atoms with van der Waals surface area (Å²) in [5.74, 6) is 1.49. The molecule has 0 bridgehead atoms. The van der Waals surface area contributed by atoms with Gasteiger partial charge in [0.2, 0.25) is 0 Å². The summed E-state index contributed by atoms with van der Waals surface area (Å²) in [6, 6.07) is 2.12. The molecule has 1 aliphatic heterocycles. The monoisotopic (exact) mass is 277 g/mol. The molecular formula is C16H27N3O. The maximum absolute atomic E-state index is 5.88. The van der Waals surface area contributed by atoms with Crippen LogP contribution in [-0.2, 0) is 0 Å². The Balaban J connectivity index is 1.92. The van der Waals surface area contributed by atoms with Crippen molar-refractivity contribution < 1.29 is 4.74 Å². The molecule has 1 atom stereocenters. The number of anilines is 1. The van der Waals surface area contributed by atoms with Crippen LogP contribution in [0.2, 0.25) is 0 Å². The average molecular weight is 277 g/mol. The van der Waals surface area contributed by atoms with Crippen LogP contribution in [0.15, 0.2) is 18.5 Å². The molecule has 0 radical (unpaired) electrons. The molecule has 112 valence electrons. The Hall–Kier alpha value is -1.29. The van der Waals surface area contributed by atoms with Gasteiger partial charge in [-0.15, -0.1) is 0 Å². The standard InChI is InChI=1S/C16H27N3O/c1-3-5-14(2)13-20-16-10-15(11-18-12-16)19-8-4-6-17-7-9-19/h10-12,14,17H,3-9,13H2,1-2H3. The zero-order valence-corrected chi connectivity index (χ0v) is 12.8. The van der Waals surface area contributed by atoms with E-state index >= 15 is 0 Å². The fourth-order valence-electron chi connectivity index (χ4n) is 2.58. The van der Waals surface area contributed by atoms with E-state index in [0.29, 0.717) is 5.92 Å². The molecule has 0 aliphatic carbocycles. The molecule has 1 unspecified atom stereocenters. The first kappa shape index (κ1) is 15.1. The SMILES string of the molecule is CCCC(C)COc1cncc(N2CCCNCC2)c1. The maximum Gasteiger partial charge on any atom is 0.139 e. The number of hydrogen-bond donors (Lipinski definition) is 1. The molecule has 1 aromatic heterocycles. The molecule has 0 amide bonds. The van der Waals surface area contributed by atoms with Crippen molar-refractivity contribution >= 4 is 5.69 Å². The highest BCUT2D eigenvalue weighted by molar-refractivity contribution is 5.48.